The lowest BCUT2D eigenvalue weighted by atomic mass is 9.96. The van der Waals surface area contributed by atoms with Crippen LogP contribution in [-0.4, -0.2) is 19.6 Å². The number of hydrogen-bond acceptors (Lipinski definition) is 4. The van der Waals surface area contributed by atoms with E-state index in [9.17, 15) is 4.79 Å². The van der Waals surface area contributed by atoms with Crippen LogP contribution in [0.5, 0.6) is 11.5 Å². The van der Waals surface area contributed by atoms with E-state index < -0.39 is 0 Å². The molecule has 0 saturated heterocycles. The summed E-state index contributed by atoms with van der Waals surface area (Å²) in [5.74, 6) is 1.34. The topological polar surface area (TPSA) is 60.7 Å². The molecule has 0 unspecified atom stereocenters. The van der Waals surface area contributed by atoms with Crippen molar-refractivity contribution >= 4 is 28.1 Å². The van der Waals surface area contributed by atoms with Gasteiger partial charge in [-0.1, -0.05) is 18.2 Å². The normalized spacial score (nSPS) is 11.5. The van der Waals surface area contributed by atoms with Gasteiger partial charge in [0.15, 0.2) is 0 Å². The molecule has 180 valence electrons. The number of hydrogen-bond donors (Lipinski definition) is 1. The summed E-state index contributed by atoms with van der Waals surface area (Å²) in [6, 6.07) is 15.9. The zero-order valence-corrected chi connectivity index (χ0v) is 21.1. The van der Waals surface area contributed by atoms with Crippen molar-refractivity contribution in [3.63, 3.8) is 0 Å². The minimum atomic E-state index is -0.185. The Kier molecular flexibility index (Phi) is 6.97. The summed E-state index contributed by atoms with van der Waals surface area (Å²) in [4.78, 5) is 12.9. The monoisotopic (exact) mass is 469 g/mol. The van der Waals surface area contributed by atoms with E-state index in [2.05, 4.69) is 11.4 Å². The molecule has 0 bridgehead atoms. The lowest BCUT2D eigenvalue weighted by molar-refractivity contribution is -0.111. The molecule has 0 aliphatic rings. The number of ether oxygens (including phenoxy) is 2. The molecule has 5 heteroatoms. The molecule has 1 aromatic heterocycles. The fraction of sp³-hybridized carbons (Fsp3) is 0.233. The maximum absolute atomic E-state index is 12.9. The highest BCUT2D eigenvalue weighted by molar-refractivity contribution is 6.06. The second-order valence-corrected chi connectivity index (χ2v) is 8.76. The summed E-state index contributed by atoms with van der Waals surface area (Å²) < 4.78 is 17.3. The Morgan fingerprint density at radius 1 is 1.03 bits per heavy atom. The molecule has 3 aromatic carbocycles. The van der Waals surface area contributed by atoms with Gasteiger partial charge in [0.05, 0.1) is 20.0 Å². The summed E-state index contributed by atoms with van der Waals surface area (Å²) in [7, 11) is 1.65. The van der Waals surface area contributed by atoms with E-state index >= 15 is 0 Å². The molecule has 0 radical (unpaired) electrons. The first-order chi connectivity index (χ1) is 16.8. The van der Waals surface area contributed by atoms with Crippen molar-refractivity contribution in [1.82, 2.24) is 0 Å². The number of benzene rings is 3. The molecular formula is C30H31NO4. The van der Waals surface area contributed by atoms with E-state index in [0.29, 0.717) is 6.61 Å². The van der Waals surface area contributed by atoms with Gasteiger partial charge in [0.25, 0.3) is 0 Å². The molecule has 0 fully saturated rings. The number of fused-ring (bicyclic) bond motifs is 1. The van der Waals surface area contributed by atoms with Crippen molar-refractivity contribution in [2.45, 2.75) is 34.6 Å². The first-order valence-corrected chi connectivity index (χ1v) is 11.7. The minimum absolute atomic E-state index is 0.185. The number of aryl methyl sites for hydroxylation is 3. The van der Waals surface area contributed by atoms with E-state index in [1.165, 1.54) is 0 Å². The minimum Gasteiger partial charge on any atom is -0.497 e. The standard InChI is InChI=1S/C30H31NO4/c1-7-34-29-21(5)30-26(27(17-35-30)22-8-10-24(33-6)11-9-22)16-25(29)20(4)15-28(32)31-23-13-18(2)12-19(3)14-23/h8-17H,7H2,1-6H3,(H,31,32)/b20-15+. The Bertz CT molecular complexity index is 1390. The maximum Gasteiger partial charge on any atom is 0.248 e. The molecule has 0 aliphatic heterocycles. The molecule has 1 N–H and O–H groups in total. The Hall–Kier alpha value is -3.99. The van der Waals surface area contributed by atoms with Crippen LogP contribution in [0.4, 0.5) is 5.69 Å². The van der Waals surface area contributed by atoms with Gasteiger partial charge in [-0.05, 0) is 87.2 Å². The van der Waals surface area contributed by atoms with Crippen LogP contribution in [0.25, 0.3) is 27.7 Å². The molecule has 0 saturated carbocycles. The van der Waals surface area contributed by atoms with Gasteiger partial charge in [-0.2, -0.15) is 0 Å². The van der Waals surface area contributed by atoms with Crippen LogP contribution in [0.3, 0.4) is 0 Å². The maximum atomic E-state index is 12.9. The predicted octanol–water partition coefficient (Wildman–Crippen LogP) is 7.47. The van der Waals surface area contributed by atoms with Crippen molar-refractivity contribution in [3.8, 4) is 22.6 Å². The fourth-order valence-electron chi connectivity index (χ4n) is 4.43. The molecule has 0 spiro atoms. The Labute approximate surface area is 206 Å². The highest BCUT2D eigenvalue weighted by Crippen LogP contribution is 2.41. The number of nitrogens with one attached hydrogen (secondary N) is 1. The number of rotatable bonds is 7. The highest BCUT2D eigenvalue weighted by Gasteiger charge is 2.19. The predicted molar refractivity (Wildman–Crippen MR) is 142 cm³/mol. The zero-order valence-electron chi connectivity index (χ0n) is 21.1. The zero-order chi connectivity index (χ0) is 25.1. The van der Waals surface area contributed by atoms with Crippen molar-refractivity contribution in [3.05, 3.63) is 83.1 Å². The lowest BCUT2D eigenvalue weighted by Gasteiger charge is -2.15. The fourth-order valence-corrected chi connectivity index (χ4v) is 4.43. The Morgan fingerprint density at radius 3 is 2.34 bits per heavy atom. The average Bonchev–Trinajstić information content (AvgIpc) is 3.24. The second-order valence-electron chi connectivity index (χ2n) is 8.76. The summed E-state index contributed by atoms with van der Waals surface area (Å²) in [6.07, 6.45) is 3.39. The van der Waals surface area contributed by atoms with Crippen molar-refractivity contribution in [2.24, 2.45) is 0 Å². The van der Waals surface area contributed by atoms with Crippen LogP contribution in [0.15, 0.2) is 65.3 Å². The largest absolute Gasteiger partial charge is 0.497 e. The van der Waals surface area contributed by atoms with Gasteiger partial charge in [0, 0.05) is 33.8 Å². The number of carbonyl (C=O) groups excluding carboxylic acids is 1. The summed E-state index contributed by atoms with van der Waals surface area (Å²) in [5, 5.41) is 3.95. The molecule has 1 amide bonds. The van der Waals surface area contributed by atoms with E-state index in [0.717, 1.165) is 67.1 Å². The molecule has 1 heterocycles. The van der Waals surface area contributed by atoms with Gasteiger partial charge >= 0.3 is 0 Å². The number of allylic oxidation sites excluding steroid dienone is 1. The van der Waals surface area contributed by atoms with Crippen LogP contribution < -0.4 is 14.8 Å². The van der Waals surface area contributed by atoms with E-state index in [4.69, 9.17) is 13.9 Å². The lowest BCUT2D eigenvalue weighted by Crippen LogP contribution is -2.09. The molecule has 4 aromatic rings. The quantitative estimate of drug-likeness (QED) is 0.285. The first kappa shape index (κ1) is 24.1. The molecule has 0 atom stereocenters. The van der Waals surface area contributed by atoms with Crippen LogP contribution >= 0.6 is 0 Å². The number of amides is 1. The average molecular weight is 470 g/mol. The number of carbonyl (C=O) groups is 1. The SMILES string of the molecule is CCOc1c(/C(C)=C/C(=O)Nc2cc(C)cc(C)c2)cc2c(-c3ccc(OC)cc3)coc2c1C. The number of furan rings is 1. The highest BCUT2D eigenvalue weighted by atomic mass is 16.5. The number of anilines is 1. The van der Waals surface area contributed by atoms with Crippen molar-refractivity contribution in [2.75, 3.05) is 19.0 Å². The molecule has 5 nitrogen and oxygen atoms in total. The van der Waals surface area contributed by atoms with Gasteiger partial charge < -0.3 is 19.2 Å². The third kappa shape index (κ3) is 5.09. The second kappa shape index (κ2) is 10.1. The van der Waals surface area contributed by atoms with Gasteiger partial charge in [-0.25, -0.2) is 0 Å². The van der Waals surface area contributed by atoms with Gasteiger partial charge in [-0.15, -0.1) is 0 Å². The summed E-state index contributed by atoms with van der Waals surface area (Å²) >= 11 is 0. The summed E-state index contributed by atoms with van der Waals surface area (Å²) in [6.45, 7) is 10.4. The van der Waals surface area contributed by atoms with Crippen LogP contribution in [0, 0.1) is 20.8 Å². The van der Waals surface area contributed by atoms with E-state index in [-0.39, 0.29) is 5.91 Å². The third-order valence-corrected chi connectivity index (χ3v) is 6.00. The van der Waals surface area contributed by atoms with E-state index in [1.807, 2.05) is 77.1 Å². The van der Waals surface area contributed by atoms with E-state index in [1.54, 1.807) is 19.4 Å². The molecule has 35 heavy (non-hydrogen) atoms. The molecular weight excluding hydrogens is 438 g/mol. The van der Waals surface area contributed by atoms with Gasteiger partial charge in [0.2, 0.25) is 5.91 Å². The third-order valence-electron chi connectivity index (χ3n) is 6.00. The van der Waals surface area contributed by atoms with Crippen LogP contribution in [0.2, 0.25) is 0 Å². The van der Waals surface area contributed by atoms with Crippen molar-refractivity contribution < 1.29 is 18.7 Å². The molecule has 0 aliphatic carbocycles. The Morgan fingerprint density at radius 2 is 1.71 bits per heavy atom. The summed E-state index contributed by atoms with van der Waals surface area (Å²) in [5.41, 5.74) is 8.34. The van der Waals surface area contributed by atoms with Gasteiger partial charge in [0.1, 0.15) is 17.1 Å². The van der Waals surface area contributed by atoms with Gasteiger partial charge in [-0.3, -0.25) is 4.79 Å². The smallest absolute Gasteiger partial charge is 0.248 e. The van der Waals surface area contributed by atoms with Crippen LogP contribution in [-0.2, 0) is 4.79 Å². The van der Waals surface area contributed by atoms with Crippen LogP contribution in [0.1, 0.15) is 36.1 Å². The number of methoxy groups -OCH3 is 1. The van der Waals surface area contributed by atoms with Crippen molar-refractivity contribution in [1.29, 1.82) is 0 Å². The Balaban J connectivity index is 1.76. The first-order valence-electron chi connectivity index (χ1n) is 11.7. The molecule has 4 rings (SSSR count).